The van der Waals surface area contributed by atoms with E-state index in [-0.39, 0.29) is 28.8 Å². The predicted molar refractivity (Wildman–Crippen MR) is 93.6 cm³/mol. The van der Waals surface area contributed by atoms with Gasteiger partial charge < -0.3 is 15.3 Å². The molecular weight excluding hydrogens is 288 g/mol. The number of aliphatic hydroxyl groups is 1. The van der Waals surface area contributed by atoms with Crippen molar-refractivity contribution in [2.75, 3.05) is 23.3 Å². The average molecular weight is 316 g/mol. The summed E-state index contributed by atoms with van der Waals surface area (Å²) in [5.41, 5.74) is 2.03. The largest absolute Gasteiger partial charge is 0.393 e. The van der Waals surface area contributed by atoms with Crippen LogP contribution in [0, 0.1) is 16.7 Å². The molecule has 1 saturated carbocycles. The van der Waals surface area contributed by atoms with Gasteiger partial charge in [-0.25, -0.2) is 0 Å². The van der Waals surface area contributed by atoms with Crippen LogP contribution in [0.3, 0.4) is 0 Å². The van der Waals surface area contributed by atoms with Crippen LogP contribution in [-0.4, -0.2) is 30.2 Å². The summed E-state index contributed by atoms with van der Waals surface area (Å²) in [6.07, 6.45) is 1.37. The zero-order chi connectivity index (χ0) is 16.8. The van der Waals surface area contributed by atoms with Gasteiger partial charge in [-0.1, -0.05) is 39.8 Å². The first-order valence-electron chi connectivity index (χ1n) is 8.58. The van der Waals surface area contributed by atoms with E-state index in [1.807, 2.05) is 18.2 Å². The number of carbonyl (C=O) groups is 1. The Hall–Kier alpha value is -1.55. The summed E-state index contributed by atoms with van der Waals surface area (Å²) in [5, 5.41) is 12.8. The molecule has 0 bridgehead atoms. The van der Waals surface area contributed by atoms with Crippen molar-refractivity contribution in [1.82, 2.24) is 0 Å². The molecule has 0 unspecified atom stereocenters. The molecule has 3 rings (SSSR count). The van der Waals surface area contributed by atoms with E-state index in [1.165, 1.54) is 0 Å². The van der Waals surface area contributed by atoms with Gasteiger partial charge in [0, 0.05) is 19.0 Å². The van der Waals surface area contributed by atoms with Gasteiger partial charge in [0.2, 0.25) is 5.91 Å². The highest BCUT2D eigenvalue weighted by atomic mass is 16.3. The lowest BCUT2D eigenvalue weighted by atomic mass is 10.0. The molecule has 1 heterocycles. The van der Waals surface area contributed by atoms with Crippen LogP contribution in [0.4, 0.5) is 11.4 Å². The maximum Gasteiger partial charge on any atom is 0.228 e. The molecule has 4 heteroatoms. The van der Waals surface area contributed by atoms with Crippen LogP contribution in [0.25, 0.3) is 0 Å². The molecule has 2 fully saturated rings. The van der Waals surface area contributed by atoms with Crippen molar-refractivity contribution in [3.05, 3.63) is 24.3 Å². The Morgan fingerprint density at radius 3 is 2.26 bits per heavy atom. The summed E-state index contributed by atoms with van der Waals surface area (Å²) in [5.74, 6) is 0.163. The zero-order valence-electron chi connectivity index (χ0n) is 14.6. The van der Waals surface area contributed by atoms with Crippen LogP contribution >= 0.6 is 0 Å². The van der Waals surface area contributed by atoms with Gasteiger partial charge in [0.05, 0.1) is 17.5 Å². The van der Waals surface area contributed by atoms with Gasteiger partial charge in [0.25, 0.3) is 0 Å². The smallest absolute Gasteiger partial charge is 0.228 e. The van der Waals surface area contributed by atoms with Gasteiger partial charge in [0.15, 0.2) is 0 Å². The standard InChI is InChI=1S/C19H28N2O2/c1-18(2)16(19(18,3)4)17(23)20-14-7-5-6-8-15(14)21-11-9-13(22)10-12-21/h5-8,13,16,22H,9-12H2,1-4H3,(H,20,23). The first-order chi connectivity index (χ1) is 10.7. The van der Waals surface area contributed by atoms with Gasteiger partial charge in [0.1, 0.15) is 0 Å². The number of nitrogens with zero attached hydrogens (tertiary/aromatic N) is 1. The topological polar surface area (TPSA) is 52.6 Å². The molecule has 0 aromatic heterocycles. The van der Waals surface area contributed by atoms with Gasteiger partial charge in [-0.3, -0.25) is 4.79 Å². The number of anilines is 2. The average Bonchev–Trinajstić information content (AvgIpc) is 2.90. The third-order valence-corrected chi connectivity index (χ3v) is 6.25. The maximum atomic E-state index is 12.7. The van der Waals surface area contributed by atoms with Crippen LogP contribution in [0.2, 0.25) is 0 Å². The number of benzene rings is 1. The zero-order valence-corrected chi connectivity index (χ0v) is 14.6. The number of piperidine rings is 1. The molecule has 4 nitrogen and oxygen atoms in total. The molecular formula is C19H28N2O2. The normalized spacial score (nSPS) is 23.6. The van der Waals surface area contributed by atoms with Crippen LogP contribution in [0.5, 0.6) is 0 Å². The van der Waals surface area contributed by atoms with Gasteiger partial charge in [-0.2, -0.15) is 0 Å². The Kier molecular flexibility index (Phi) is 3.91. The van der Waals surface area contributed by atoms with Crippen LogP contribution in [0.1, 0.15) is 40.5 Å². The molecule has 0 spiro atoms. The molecule has 1 aliphatic carbocycles. The van der Waals surface area contributed by atoms with E-state index in [9.17, 15) is 9.90 Å². The van der Waals surface area contributed by atoms with Crippen molar-refractivity contribution in [2.24, 2.45) is 16.7 Å². The van der Waals surface area contributed by atoms with E-state index >= 15 is 0 Å². The summed E-state index contributed by atoms with van der Waals surface area (Å²) in [6, 6.07) is 7.99. The molecule has 23 heavy (non-hydrogen) atoms. The molecule has 2 aliphatic rings. The Balaban J connectivity index is 1.75. The fourth-order valence-electron chi connectivity index (χ4n) is 4.02. The Labute approximate surface area is 138 Å². The number of nitrogens with one attached hydrogen (secondary N) is 1. The van der Waals surface area contributed by atoms with E-state index in [0.29, 0.717) is 0 Å². The van der Waals surface area contributed by atoms with Gasteiger partial charge in [-0.15, -0.1) is 0 Å². The molecule has 1 aliphatic heterocycles. The van der Waals surface area contributed by atoms with Crippen molar-refractivity contribution in [3.8, 4) is 0 Å². The van der Waals surface area contributed by atoms with Crippen molar-refractivity contribution in [3.63, 3.8) is 0 Å². The molecule has 1 aromatic carbocycles. The van der Waals surface area contributed by atoms with Crippen molar-refractivity contribution in [1.29, 1.82) is 0 Å². The monoisotopic (exact) mass is 316 g/mol. The molecule has 1 aromatic rings. The Bertz CT molecular complexity index is 587. The Morgan fingerprint density at radius 1 is 1.13 bits per heavy atom. The minimum atomic E-state index is -0.193. The lowest BCUT2D eigenvalue weighted by Gasteiger charge is -2.32. The quantitative estimate of drug-likeness (QED) is 0.900. The molecule has 1 amide bonds. The highest BCUT2D eigenvalue weighted by Gasteiger charge is 2.68. The maximum absolute atomic E-state index is 12.7. The minimum absolute atomic E-state index is 0.0429. The molecule has 0 radical (unpaired) electrons. The van der Waals surface area contributed by atoms with E-state index < -0.39 is 0 Å². The number of amides is 1. The first kappa shape index (κ1) is 16.3. The number of para-hydroxylation sites is 2. The third kappa shape index (κ3) is 2.74. The van der Waals surface area contributed by atoms with Crippen molar-refractivity contribution >= 4 is 17.3 Å². The minimum Gasteiger partial charge on any atom is -0.393 e. The fraction of sp³-hybridized carbons (Fsp3) is 0.632. The van der Waals surface area contributed by atoms with Crippen LogP contribution in [-0.2, 0) is 4.79 Å². The summed E-state index contributed by atoms with van der Waals surface area (Å²) in [4.78, 5) is 15.0. The van der Waals surface area contributed by atoms with Crippen molar-refractivity contribution in [2.45, 2.75) is 46.6 Å². The highest BCUT2D eigenvalue weighted by Crippen LogP contribution is 2.68. The first-order valence-corrected chi connectivity index (χ1v) is 8.58. The SMILES string of the molecule is CC1(C)C(C(=O)Nc2ccccc2N2CCC(O)CC2)C1(C)C. The van der Waals surface area contributed by atoms with Gasteiger partial charge >= 0.3 is 0 Å². The summed E-state index contributed by atoms with van der Waals surface area (Å²) in [7, 11) is 0. The second-order valence-corrected chi connectivity index (χ2v) is 8.10. The number of hydrogen-bond donors (Lipinski definition) is 2. The number of hydrogen-bond acceptors (Lipinski definition) is 3. The number of carbonyl (C=O) groups excluding carboxylic acids is 1. The molecule has 126 valence electrons. The number of aliphatic hydroxyl groups excluding tert-OH is 1. The van der Waals surface area contributed by atoms with E-state index in [1.54, 1.807) is 0 Å². The second kappa shape index (κ2) is 5.52. The molecule has 0 atom stereocenters. The van der Waals surface area contributed by atoms with Gasteiger partial charge in [-0.05, 0) is 35.8 Å². The summed E-state index contributed by atoms with van der Waals surface area (Å²) >= 11 is 0. The third-order valence-electron chi connectivity index (χ3n) is 6.25. The predicted octanol–water partition coefficient (Wildman–Crippen LogP) is 3.27. The lowest BCUT2D eigenvalue weighted by Crippen LogP contribution is -2.36. The molecule has 1 saturated heterocycles. The summed E-state index contributed by atoms with van der Waals surface area (Å²) < 4.78 is 0. The number of rotatable bonds is 3. The van der Waals surface area contributed by atoms with Crippen LogP contribution in [0.15, 0.2) is 24.3 Å². The lowest BCUT2D eigenvalue weighted by molar-refractivity contribution is -0.118. The van der Waals surface area contributed by atoms with E-state index in [4.69, 9.17) is 0 Å². The fourth-order valence-corrected chi connectivity index (χ4v) is 4.02. The Morgan fingerprint density at radius 2 is 1.70 bits per heavy atom. The van der Waals surface area contributed by atoms with E-state index in [2.05, 4.69) is 44.0 Å². The van der Waals surface area contributed by atoms with Crippen LogP contribution < -0.4 is 10.2 Å². The highest BCUT2D eigenvalue weighted by molar-refractivity contribution is 5.98. The summed E-state index contributed by atoms with van der Waals surface area (Å²) in [6.45, 7) is 10.3. The van der Waals surface area contributed by atoms with Crippen molar-refractivity contribution < 1.29 is 9.90 Å². The second-order valence-electron chi connectivity index (χ2n) is 8.10. The van der Waals surface area contributed by atoms with E-state index in [0.717, 1.165) is 37.3 Å². The molecule has 2 N–H and O–H groups in total.